The molecule has 2 rings (SSSR count). The number of hydrogen-bond donors (Lipinski definition) is 1. The summed E-state index contributed by atoms with van der Waals surface area (Å²) in [6.45, 7) is 4.08. The summed E-state index contributed by atoms with van der Waals surface area (Å²) < 4.78 is 13.1. The molecule has 0 atom stereocenters. The lowest BCUT2D eigenvalue weighted by Crippen LogP contribution is -2.38. The van der Waals surface area contributed by atoms with Gasteiger partial charge >= 0.3 is 0 Å². The normalized spacial score (nSPS) is 10.6. The zero-order valence-electron chi connectivity index (χ0n) is 14.8. The van der Waals surface area contributed by atoms with E-state index < -0.39 is 0 Å². The Morgan fingerprint density at radius 3 is 2.52 bits per heavy atom. The molecule has 132 valence electrons. The third-order valence-corrected chi connectivity index (χ3v) is 3.99. The van der Waals surface area contributed by atoms with Crippen molar-refractivity contribution in [2.24, 2.45) is 0 Å². The van der Waals surface area contributed by atoms with Crippen LogP contribution in [0.4, 0.5) is 10.1 Å². The van der Waals surface area contributed by atoms with Crippen LogP contribution in [0, 0.1) is 5.82 Å². The third-order valence-electron chi connectivity index (χ3n) is 3.99. The highest BCUT2D eigenvalue weighted by Gasteiger charge is 2.13. The van der Waals surface area contributed by atoms with Gasteiger partial charge in [-0.2, -0.15) is 0 Å². The molecule has 0 aliphatic carbocycles. The molecule has 5 heteroatoms. The third kappa shape index (κ3) is 5.41. The molecule has 0 fully saturated rings. The van der Waals surface area contributed by atoms with Crippen LogP contribution >= 0.6 is 0 Å². The molecular formula is C20H23FN2O2. The van der Waals surface area contributed by atoms with Gasteiger partial charge < -0.3 is 10.2 Å². The van der Waals surface area contributed by atoms with Crippen molar-refractivity contribution in [3.05, 3.63) is 65.5 Å². The number of carbonyl (C=O) groups excluding carboxylic acids is 2. The standard InChI is InChI=1S/C20H23FN2O2/c1-14(2)16-7-5-9-18(12-16)23(3)20(25)13-22-19(24)11-15-6-4-8-17(21)10-15/h4-10,12,14H,11,13H2,1-3H3,(H,22,24). The minimum absolute atomic E-state index is 0.0393. The number of carbonyl (C=O) groups is 2. The summed E-state index contributed by atoms with van der Waals surface area (Å²) in [4.78, 5) is 25.7. The molecule has 1 N–H and O–H groups in total. The van der Waals surface area contributed by atoms with E-state index in [0.29, 0.717) is 11.5 Å². The Hall–Kier alpha value is -2.69. The average Bonchev–Trinajstić information content (AvgIpc) is 2.59. The number of hydrogen-bond acceptors (Lipinski definition) is 2. The summed E-state index contributed by atoms with van der Waals surface area (Å²) in [5.41, 5.74) is 2.51. The Balaban J connectivity index is 1.90. The largest absolute Gasteiger partial charge is 0.347 e. The summed E-state index contributed by atoms with van der Waals surface area (Å²) in [7, 11) is 1.68. The van der Waals surface area contributed by atoms with Crippen LogP contribution in [0.1, 0.15) is 30.9 Å². The van der Waals surface area contributed by atoms with Gasteiger partial charge in [-0.25, -0.2) is 4.39 Å². The molecule has 0 aliphatic rings. The van der Waals surface area contributed by atoms with E-state index in [9.17, 15) is 14.0 Å². The quantitative estimate of drug-likeness (QED) is 0.876. The number of benzene rings is 2. The number of halogens is 1. The van der Waals surface area contributed by atoms with Crippen molar-refractivity contribution in [3.8, 4) is 0 Å². The molecule has 0 saturated heterocycles. The Labute approximate surface area is 147 Å². The lowest BCUT2D eigenvalue weighted by Gasteiger charge is -2.19. The van der Waals surface area contributed by atoms with Gasteiger partial charge in [0.25, 0.3) is 0 Å². The van der Waals surface area contributed by atoms with E-state index in [-0.39, 0.29) is 30.6 Å². The minimum atomic E-state index is -0.383. The van der Waals surface area contributed by atoms with Gasteiger partial charge in [0.05, 0.1) is 13.0 Å². The second kappa shape index (κ2) is 8.42. The molecule has 0 radical (unpaired) electrons. The molecule has 0 aliphatic heterocycles. The first kappa shape index (κ1) is 18.6. The first-order chi connectivity index (χ1) is 11.9. The maximum Gasteiger partial charge on any atom is 0.246 e. The summed E-state index contributed by atoms with van der Waals surface area (Å²) in [6, 6.07) is 13.6. The fraction of sp³-hybridized carbons (Fsp3) is 0.300. The molecule has 25 heavy (non-hydrogen) atoms. The van der Waals surface area contributed by atoms with Crippen LogP contribution in [-0.4, -0.2) is 25.4 Å². The number of rotatable bonds is 6. The molecule has 0 saturated carbocycles. The van der Waals surface area contributed by atoms with Crippen molar-refractivity contribution in [3.63, 3.8) is 0 Å². The highest BCUT2D eigenvalue weighted by atomic mass is 19.1. The SMILES string of the molecule is CC(C)c1cccc(N(C)C(=O)CNC(=O)Cc2cccc(F)c2)c1. The lowest BCUT2D eigenvalue weighted by molar-refractivity contribution is -0.124. The maximum absolute atomic E-state index is 13.1. The number of amides is 2. The van der Waals surface area contributed by atoms with E-state index in [2.05, 4.69) is 19.2 Å². The average molecular weight is 342 g/mol. The van der Waals surface area contributed by atoms with E-state index in [1.54, 1.807) is 19.2 Å². The lowest BCUT2D eigenvalue weighted by atomic mass is 10.0. The van der Waals surface area contributed by atoms with Crippen LogP contribution < -0.4 is 10.2 Å². The zero-order valence-corrected chi connectivity index (χ0v) is 14.8. The number of likely N-dealkylation sites (N-methyl/N-ethyl adjacent to an activating group) is 1. The number of nitrogens with zero attached hydrogens (tertiary/aromatic N) is 1. The molecule has 0 unspecified atom stereocenters. The molecule has 2 aromatic rings. The smallest absolute Gasteiger partial charge is 0.246 e. The molecule has 4 nitrogen and oxygen atoms in total. The second-order valence-electron chi connectivity index (χ2n) is 6.29. The predicted octanol–water partition coefficient (Wildman–Crippen LogP) is 3.27. The van der Waals surface area contributed by atoms with Crippen molar-refractivity contribution in [1.29, 1.82) is 0 Å². The predicted molar refractivity (Wildman–Crippen MR) is 97.1 cm³/mol. The van der Waals surface area contributed by atoms with E-state index in [0.717, 1.165) is 11.3 Å². The first-order valence-corrected chi connectivity index (χ1v) is 8.24. The molecule has 0 bridgehead atoms. The van der Waals surface area contributed by atoms with Crippen LogP contribution in [0.5, 0.6) is 0 Å². The summed E-state index contributed by atoms with van der Waals surface area (Å²) in [6.07, 6.45) is 0.0393. The first-order valence-electron chi connectivity index (χ1n) is 8.24. The van der Waals surface area contributed by atoms with Crippen molar-refractivity contribution in [1.82, 2.24) is 5.32 Å². The Bertz CT molecular complexity index is 759. The van der Waals surface area contributed by atoms with Crippen molar-refractivity contribution < 1.29 is 14.0 Å². The molecule has 2 amide bonds. The molecule has 2 aromatic carbocycles. The van der Waals surface area contributed by atoms with Gasteiger partial charge in [0.15, 0.2) is 0 Å². The van der Waals surface area contributed by atoms with E-state index in [1.165, 1.54) is 17.0 Å². The Kier molecular flexibility index (Phi) is 6.28. The topological polar surface area (TPSA) is 49.4 Å². The maximum atomic E-state index is 13.1. The molecule has 0 heterocycles. The van der Waals surface area contributed by atoms with Gasteiger partial charge in [-0.05, 0) is 41.3 Å². The Morgan fingerprint density at radius 1 is 1.12 bits per heavy atom. The fourth-order valence-corrected chi connectivity index (χ4v) is 2.42. The van der Waals surface area contributed by atoms with Crippen LogP contribution in [0.2, 0.25) is 0 Å². The van der Waals surface area contributed by atoms with Crippen molar-refractivity contribution in [2.45, 2.75) is 26.2 Å². The second-order valence-corrected chi connectivity index (χ2v) is 6.29. The van der Waals surface area contributed by atoms with Crippen molar-refractivity contribution >= 4 is 17.5 Å². The molecule has 0 spiro atoms. The molecule has 0 aromatic heterocycles. The van der Waals surface area contributed by atoms with Crippen LogP contribution in [0.3, 0.4) is 0 Å². The monoisotopic (exact) mass is 342 g/mol. The van der Waals surface area contributed by atoms with Crippen LogP contribution in [0.25, 0.3) is 0 Å². The summed E-state index contributed by atoms with van der Waals surface area (Å²) in [5, 5.41) is 2.59. The number of nitrogens with one attached hydrogen (secondary N) is 1. The van der Waals surface area contributed by atoms with Gasteiger partial charge in [0.2, 0.25) is 11.8 Å². The van der Waals surface area contributed by atoms with Gasteiger partial charge in [-0.15, -0.1) is 0 Å². The van der Waals surface area contributed by atoms with Gasteiger partial charge in [-0.1, -0.05) is 38.1 Å². The highest BCUT2D eigenvalue weighted by molar-refractivity contribution is 5.96. The highest BCUT2D eigenvalue weighted by Crippen LogP contribution is 2.20. The van der Waals surface area contributed by atoms with Gasteiger partial charge in [0.1, 0.15) is 5.82 Å². The van der Waals surface area contributed by atoms with Gasteiger partial charge in [0, 0.05) is 12.7 Å². The van der Waals surface area contributed by atoms with E-state index >= 15 is 0 Å². The number of anilines is 1. The molecular weight excluding hydrogens is 319 g/mol. The van der Waals surface area contributed by atoms with E-state index in [4.69, 9.17) is 0 Å². The summed E-state index contributed by atoms with van der Waals surface area (Å²) >= 11 is 0. The van der Waals surface area contributed by atoms with Crippen molar-refractivity contribution in [2.75, 3.05) is 18.5 Å². The van der Waals surface area contributed by atoms with Gasteiger partial charge in [-0.3, -0.25) is 9.59 Å². The summed E-state index contributed by atoms with van der Waals surface area (Å²) in [5.74, 6) is -0.544. The Morgan fingerprint density at radius 2 is 1.84 bits per heavy atom. The zero-order chi connectivity index (χ0) is 18.4. The fourth-order valence-electron chi connectivity index (χ4n) is 2.42. The van der Waals surface area contributed by atoms with E-state index in [1.807, 2.05) is 24.3 Å². The van der Waals surface area contributed by atoms with Crippen LogP contribution in [-0.2, 0) is 16.0 Å². The van der Waals surface area contributed by atoms with Crippen LogP contribution in [0.15, 0.2) is 48.5 Å². The minimum Gasteiger partial charge on any atom is -0.347 e.